The lowest BCUT2D eigenvalue weighted by Crippen LogP contribution is -2.24. The molecule has 1 aliphatic heterocycles. The normalized spacial score (nSPS) is 17.3. The van der Waals surface area contributed by atoms with E-state index in [1.54, 1.807) is 24.3 Å². The summed E-state index contributed by atoms with van der Waals surface area (Å²) in [4.78, 5) is 12.1. The third-order valence-electron chi connectivity index (χ3n) is 5.41. The van der Waals surface area contributed by atoms with Crippen molar-refractivity contribution in [2.75, 3.05) is 7.11 Å². The molecule has 0 spiro atoms. The first kappa shape index (κ1) is 24.7. The van der Waals surface area contributed by atoms with Gasteiger partial charge in [-0.3, -0.25) is 4.79 Å². The standard InChI is InChI=1S/C25H25N3O5S2/c1-3-4-9-23-24(29)27-25(34-23)28-26-16-21-20-8-6-5-7-17(20)10-15-22(21)33-35(30,31)19-13-11-18(32-2)12-14-19/h5-8,10-16,23H,3-4,9H2,1-2H3,(H,27,28,29)/b26-16+. The van der Waals surface area contributed by atoms with E-state index in [-0.39, 0.29) is 21.8 Å². The highest BCUT2D eigenvalue weighted by Crippen LogP contribution is 2.30. The molecule has 1 heterocycles. The molecule has 1 amide bonds. The molecule has 10 heteroatoms. The van der Waals surface area contributed by atoms with Crippen LogP contribution in [0.2, 0.25) is 0 Å². The molecule has 3 aromatic rings. The molecule has 0 bridgehead atoms. The van der Waals surface area contributed by atoms with Crippen molar-refractivity contribution >= 4 is 49.9 Å². The number of amidine groups is 1. The Labute approximate surface area is 208 Å². The number of hydrogen-bond donors (Lipinski definition) is 1. The molecule has 35 heavy (non-hydrogen) atoms. The molecule has 182 valence electrons. The molecule has 0 radical (unpaired) electrons. The Kier molecular flexibility index (Phi) is 7.72. The predicted octanol–water partition coefficient (Wildman–Crippen LogP) is 4.73. The molecule has 1 fully saturated rings. The van der Waals surface area contributed by atoms with E-state index in [2.05, 4.69) is 22.4 Å². The van der Waals surface area contributed by atoms with Gasteiger partial charge in [-0.25, -0.2) is 0 Å². The van der Waals surface area contributed by atoms with Crippen LogP contribution in [0, 0.1) is 0 Å². The van der Waals surface area contributed by atoms with Crippen molar-refractivity contribution in [1.29, 1.82) is 0 Å². The maximum Gasteiger partial charge on any atom is 0.339 e. The van der Waals surface area contributed by atoms with Crippen LogP contribution < -0.4 is 14.2 Å². The van der Waals surface area contributed by atoms with Gasteiger partial charge in [0.2, 0.25) is 5.91 Å². The summed E-state index contributed by atoms with van der Waals surface area (Å²) in [6, 6.07) is 16.8. The minimum atomic E-state index is -4.11. The van der Waals surface area contributed by atoms with Crippen LogP contribution in [0.3, 0.4) is 0 Å². The van der Waals surface area contributed by atoms with Crippen LogP contribution in [0.1, 0.15) is 31.7 Å². The number of carbonyl (C=O) groups excluding carboxylic acids is 1. The van der Waals surface area contributed by atoms with Gasteiger partial charge in [-0.1, -0.05) is 61.9 Å². The van der Waals surface area contributed by atoms with Gasteiger partial charge < -0.3 is 14.2 Å². The number of nitrogens with zero attached hydrogens (tertiary/aromatic N) is 2. The summed E-state index contributed by atoms with van der Waals surface area (Å²) >= 11 is 1.35. The van der Waals surface area contributed by atoms with E-state index in [0.717, 1.165) is 30.0 Å². The second kappa shape index (κ2) is 10.9. The van der Waals surface area contributed by atoms with E-state index >= 15 is 0 Å². The lowest BCUT2D eigenvalue weighted by Gasteiger charge is -2.12. The van der Waals surface area contributed by atoms with Crippen LogP contribution in [0.25, 0.3) is 10.8 Å². The number of amides is 1. The minimum Gasteiger partial charge on any atom is -0.497 e. The summed E-state index contributed by atoms with van der Waals surface area (Å²) < 4.78 is 36.5. The maximum absolute atomic E-state index is 12.9. The fourth-order valence-electron chi connectivity index (χ4n) is 3.56. The van der Waals surface area contributed by atoms with Crippen molar-refractivity contribution in [2.24, 2.45) is 10.2 Å². The number of carbonyl (C=O) groups is 1. The third-order valence-corrected chi connectivity index (χ3v) is 7.80. The van der Waals surface area contributed by atoms with Gasteiger partial charge in [-0.05, 0) is 47.5 Å². The van der Waals surface area contributed by atoms with Crippen molar-refractivity contribution < 1.29 is 22.1 Å². The van der Waals surface area contributed by atoms with Crippen molar-refractivity contribution in [1.82, 2.24) is 5.32 Å². The van der Waals surface area contributed by atoms with Gasteiger partial charge in [0.05, 0.1) is 18.6 Å². The van der Waals surface area contributed by atoms with E-state index in [9.17, 15) is 13.2 Å². The lowest BCUT2D eigenvalue weighted by molar-refractivity contribution is -0.118. The average Bonchev–Trinajstić information content (AvgIpc) is 3.22. The highest BCUT2D eigenvalue weighted by Gasteiger charge is 2.29. The van der Waals surface area contributed by atoms with Crippen molar-refractivity contribution in [3.05, 3.63) is 66.2 Å². The number of fused-ring (bicyclic) bond motifs is 1. The largest absolute Gasteiger partial charge is 0.497 e. The monoisotopic (exact) mass is 511 g/mol. The number of benzene rings is 3. The van der Waals surface area contributed by atoms with Gasteiger partial charge in [-0.15, -0.1) is 5.10 Å². The highest BCUT2D eigenvalue weighted by molar-refractivity contribution is 8.15. The molecule has 1 unspecified atom stereocenters. The molecule has 1 atom stereocenters. The van der Waals surface area contributed by atoms with Gasteiger partial charge in [0, 0.05) is 5.56 Å². The second-order valence-corrected chi connectivity index (χ2v) is 10.5. The zero-order chi connectivity index (χ0) is 24.8. The van der Waals surface area contributed by atoms with Crippen LogP contribution in [-0.2, 0) is 14.9 Å². The van der Waals surface area contributed by atoms with E-state index in [0.29, 0.717) is 16.5 Å². The van der Waals surface area contributed by atoms with E-state index in [1.807, 2.05) is 24.3 Å². The minimum absolute atomic E-state index is 0.00206. The SMILES string of the molecule is CCCCC1S/C(=N/N=C/c2c(OS(=O)(=O)c3ccc(OC)cc3)ccc3ccccc23)NC1=O. The number of unbranched alkanes of at least 4 members (excludes halogenated alkanes) is 1. The summed E-state index contributed by atoms with van der Waals surface area (Å²) in [5.74, 6) is 0.583. The van der Waals surface area contributed by atoms with Gasteiger partial charge in [0.15, 0.2) is 10.9 Å². The number of hydrogen-bond acceptors (Lipinski definition) is 8. The Morgan fingerprint density at radius 3 is 2.60 bits per heavy atom. The summed E-state index contributed by atoms with van der Waals surface area (Å²) in [6.07, 6.45) is 4.19. The summed E-state index contributed by atoms with van der Waals surface area (Å²) in [5.41, 5.74) is 0.460. The third kappa shape index (κ3) is 5.83. The number of thioether (sulfide) groups is 1. The second-order valence-electron chi connectivity index (χ2n) is 7.80. The molecule has 4 rings (SSSR count). The van der Waals surface area contributed by atoms with Gasteiger partial charge in [0.25, 0.3) is 0 Å². The molecular formula is C25H25N3O5S2. The smallest absolute Gasteiger partial charge is 0.339 e. The molecule has 1 aliphatic rings. The maximum atomic E-state index is 12.9. The van der Waals surface area contributed by atoms with E-state index in [4.69, 9.17) is 8.92 Å². The van der Waals surface area contributed by atoms with Crippen LogP contribution in [0.4, 0.5) is 0 Å². The van der Waals surface area contributed by atoms with Gasteiger partial charge in [-0.2, -0.15) is 13.5 Å². The Morgan fingerprint density at radius 2 is 1.86 bits per heavy atom. The first-order valence-electron chi connectivity index (χ1n) is 11.1. The number of methoxy groups -OCH3 is 1. The summed E-state index contributed by atoms with van der Waals surface area (Å²) in [7, 11) is -2.60. The fourth-order valence-corrected chi connectivity index (χ4v) is 5.48. The Balaban J connectivity index is 1.63. The van der Waals surface area contributed by atoms with Crippen LogP contribution >= 0.6 is 11.8 Å². The van der Waals surface area contributed by atoms with Crippen molar-refractivity contribution in [3.63, 3.8) is 0 Å². The summed E-state index contributed by atoms with van der Waals surface area (Å²) in [6.45, 7) is 2.08. The molecule has 3 aromatic carbocycles. The average molecular weight is 512 g/mol. The number of rotatable bonds is 9. The van der Waals surface area contributed by atoms with Crippen molar-refractivity contribution in [3.8, 4) is 11.5 Å². The topological polar surface area (TPSA) is 106 Å². The molecular weight excluding hydrogens is 486 g/mol. The molecule has 0 aromatic heterocycles. The molecule has 0 saturated carbocycles. The quantitative estimate of drug-likeness (QED) is 0.253. The Hall–Kier alpha value is -3.37. The molecule has 0 aliphatic carbocycles. The number of nitrogens with one attached hydrogen (secondary N) is 1. The first-order valence-corrected chi connectivity index (χ1v) is 13.4. The van der Waals surface area contributed by atoms with Crippen LogP contribution in [0.15, 0.2) is 75.8 Å². The fraction of sp³-hybridized carbons (Fsp3) is 0.240. The van der Waals surface area contributed by atoms with Gasteiger partial charge >= 0.3 is 10.1 Å². The zero-order valence-corrected chi connectivity index (χ0v) is 20.9. The molecule has 1 saturated heterocycles. The zero-order valence-electron chi connectivity index (χ0n) is 19.3. The molecule has 8 nitrogen and oxygen atoms in total. The van der Waals surface area contributed by atoms with Gasteiger partial charge in [0.1, 0.15) is 10.6 Å². The molecule has 1 N–H and O–H groups in total. The highest BCUT2D eigenvalue weighted by atomic mass is 32.2. The Morgan fingerprint density at radius 1 is 1.09 bits per heavy atom. The van der Waals surface area contributed by atoms with E-state index < -0.39 is 10.1 Å². The first-order chi connectivity index (χ1) is 16.9. The van der Waals surface area contributed by atoms with Crippen molar-refractivity contribution in [2.45, 2.75) is 36.3 Å². The number of ether oxygens (including phenoxy) is 1. The predicted molar refractivity (Wildman–Crippen MR) is 139 cm³/mol. The van der Waals surface area contributed by atoms with E-state index in [1.165, 1.54) is 37.2 Å². The van der Waals surface area contributed by atoms with Crippen LogP contribution in [-0.4, -0.2) is 38.1 Å². The lowest BCUT2D eigenvalue weighted by atomic mass is 10.0. The Bertz CT molecular complexity index is 1390. The summed E-state index contributed by atoms with van der Waals surface area (Å²) in [5, 5.41) is 12.9. The van der Waals surface area contributed by atoms with Crippen LogP contribution in [0.5, 0.6) is 11.5 Å².